The third-order valence-corrected chi connectivity index (χ3v) is 9.91. The van der Waals surface area contributed by atoms with E-state index in [4.69, 9.17) is 9.47 Å². The van der Waals surface area contributed by atoms with E-state index in [1.807, 2.05) is 0 Å². The van der Waals surface area contributed by atoms with Crippen molar-refractivity contribution < 1.29 is 43.3 Å². The van der Waals surface area contributed by atoms with Crippen molar-refractivity contribution in [1.82, 2.24) is 0 Å². The van der Waals surface area contributed by atoms with E-state index in [1.54, 1.807) is 32.0 Å². The molecule has 3 saturated carbocycles. The summed E-state index contributed by atoms with van der Waals surface area (Å²) in [7, 11) is 0. The molecular formula is C30H33FO8. The lowest BCUT2D eigenvalue weighted by atomic mass is 9.44. The zero-order chi connectivity index (χ0) is 28.4. The summed E-state index contributed by atoms with van der Waals surface area (Å²) in [5.74, 6) is -4.15. The Morgan fingerprint density at radius 3 is 2.44 bits per heavy atom. The minimum atomic E-state index is -2.20. The Bertz CT molecular complexity index is 1290. The van der Waals surface area contributed by atoms with Gasteiger partial charge in [-0.15, -0.1) is 0 Å². The highest BCUT2D eigenvalue weighted by atomic mass is 19.1. The van der Waals surface area contributed by atoms with Gasteiger partial charge in [0.05, 0.1) is 11.7 Å². The van der Waals surface area contributed by atoms with E-state index in [0.29, 0.717) is 12.0 Å². The van der Waals surface area contributed by atoms with E-state index < -0.39 is 70.5 Å². The second-order valence-electron chi connectivity index (χ2n) is 11.7. The lowest BCUT2D eigenvalue weighted by Crippen LogP contribution is -2.70. The van der Waals surface area contributed by atoms with Crippen molar-refractivity contribution in [2.45, 2.75) is 69.9 Å². The number of aliphatic hydroxyl groups excluding tert-OH is 2. The highest BCUT2D eigenvalue weighted by molar-refractivity contribution is 6.01. The number of rotatable bonds is 5. The number of alkyl halides is 1. The number of hydrogen-bond acceptors (Lipinski definition) is 8. The van der Waals surface area contributed by atoms with Gasteiger partial charge in [-0.1, -0.05) is 36.8 Å². The van der Waals surface area contributed by atoms with Crippen molar-refractivity contribution in [2.75, 3.05) is 6.61 Å². The van der Waals surface area contributed by atoms with Gasteiger partial charge in [-0.25, -0.2) is 9.18 Å². The second-order valence-corrected chi connectivity index (χ2v) is 11.7. The minimum Gasteiger partial charge on any atom is -0.458 e. The van der Waals surface area contributed by atoms with Crippen molar-refractivity contribution in [2.24, 2.45) is 22.7 Å². The Morgan fingerprint density at radius 2 is 1.77 bits per heavy atom. The first-order valence-electron chi connectivity index (χ1n) is 13.3. The third-order valence-electron chi connectivity index (χ3n) is 9.91. The van der Waals surface area contributed by atoms with Gasteiger partial charge in [0.25, 0.3) is 0 Å². The molecule has 208 valence electrons. The first kappa shape index (κ1) is 27.4. The summed E-state index contributed by atoms with van der Waals surface area (Å²) in [5, 5.41) is 23.1. The summed E-state index contributed by atoms with van der Waals surface area (Å²) in [6.45, 7) is 3.67. The fraction of sp³-hybridized carbons (Fsp3) is 0.533. The van der Waals surface area contributed by atoms with Crippen LogP contribution in [0.2, 0.25) is 0 Å². The normalized spacial score (nSPS) is 40.6. The van der Waals surface area contributed by atoms with Gasteiger partial charge >= 0.3 is 11.9 Å². The van der Waals surface area contributed by atoms with Gasteiger partial charge in [0, 0.05) is 23.7 Å². The number of allylic oxidation sites excluding steroid dienone is 4. The maximum Gasteiger partial charge on any atom is 0.339 e. The molecule has 0 radical (unpaired) electrons. The number of hydrogen-bond donors (Lipinski definition) is 2. The van der Waals surface area contributed by atoms with E-state index in [9.17, 15) is 29.4 Å². The van der Waals surface area contributed by atoms with Gasteiger partial charge in [-0.05, 0) is 62.8 Å². The Hall–Kier alpha value is -3.17. The molecule has 0 amide bonds. The first-order valence-corrected chi connectivity index (χ1v) is 13.3. The van der Waals surface area contributed by atoms with Crippen molar-refractivity contribution in [3.8, 4) is 0 Å². The van der Waals surface area contributed by atoms with Gasteiger partial charge in [-0.3, -0.25) is 14.4 Å². The van der Waals surface area contributed by atoms with Crippen LogP contribution < -0.4 is 0 Å². The van der Waals surface area contributed by atoms with E-state index in [2.05, 4.69) is 0 Å². The molecule has 0 saturated heterocycles. The highest BCUT2D eigenvalue weighted by Gasteiger charge is 2.78. The molecule has 1 aromatic carbocycles. The molecule has 8 nitrogen and oxygen atoms in total. The minimum absolute atomic E-state index is 0.0643. The van der Waals surface area contributed by atoms with Crippen LogP contribution in [0.3, 0.4) is 0 Å². The van der Waals surface area contributed by atoms with Crippen molar-refractivity contribution >= 4 is 23.5 Å². The number of benzene rings is 1. The maximum atomic E-state index is 17.4. The summed E-state index contributed by atoms with van der Waals surface area (Å²) in [4.78, 5) is 50.8. The molecule has 8 atom stereocenters. The summed E-state index contributed by atoms with van der Waals surface area (Å²) in [6.07, 6.45) is 1.40. The Balaban J connectivity index is 1.61. The number of fused-ring (bicyclic) bond motifs is 5. The van der Waals surface area contributed by atoms with Gasteiger partial charge in [0.15, 0.2) is 18.1 Å². The zero-order valence-corrected chi connectivity index (χ0v) is 22.2. The SMILES string of the molecule is CC(=O)OCC(=O)[C@]1(OC(=O)c2ccccc2)[C@H](O)C[C@H]2[C@@H]3CCC4=CC(=O)C=C[C@]4(C)[C@@]3(F)[C@@H](O)C[C@@]21C. The van der Waals surface area contributed by atoms with Gasteiger partial charge < -0.3 is 19.7 Å². The molecule has 9 heteroatoms. The van der Waals surface area contributed by atoms with Crippen LogP contribution in [-0.2, 0) is 23.9 Å². The molecule has 0 aliphatic heterocycles. The lowest BCUT2D eigenvalue weighted by molar-refractivity contribution is -0.222. The Kier molecular flexibility index (Phi) is 6.46. The molecule has 4 aliphatic carbocycles. The molecule has 39 heavy (non-hydrogen) atoms. The fourth-order valence-corrected chi connectivity index (χ4v) is 8.01. The number of Topliss-reactive ketones (excluding diaryl/α,β-unsaturated/α-hetero) is 1. The van der Waals surface area contributed by atoms with Gasteiger partial charge in [0.2, 0.25) is 11.4 Å². The van der Waals surface area contributed by atoms with Crippen molar-refractivity contribution in [3.05, 3.63) is 59.7 Å². The van der Waals surface area contributed by atoms with E-state index >= 15 is 4.39 Å². The van der Waals surface area contributed by atoms with Crippen molar-refractivity contribution in [1.29, 1.82) is 0 Å². The topological polar surface area (TPSA) is 127 Å². The number of ketones is 2. The predicted molar refractivity (Wildman–Crippen MR) is 136 cm³/mol. The summed E-state index contributed by atoms with van der Waals surface area (Å²) < 4.78 is 28.3. The monoisotopic (exact) mass is 540 g/mol. The van der Waals surface area contributed by atoms with Crippen LogP contribution in [0.1, 0.15) is 56.8 Å². The molecule has 3 fully saturated rings. The molecule has 0 unspecified atom stereocenters. The summed E-state index contributed by atoms with van der Waals surface area (Å²) >= 11 is 0. The summed E-state index contributed by atoms with van der Waals surface area (Å²) in [5.41, 5.74) is -6.30. The standard InChI is InChI=1S/C30H33FO8/c1-17(32)38-16-25(36)30(39-26(37)18-7-5-4-6-8-18)23(34)14-22-21-10-9-19-13-20(33)11-12-27(19,2)29(21,31)24(35)15-28(22,30)3/h4-8,11-13,21-24,34-35H,9-10,14-16H2,1-3H3/t21-,22-,23+,24-,27-,28-,29-,30+/m0/s1. The molecule has 0 heterocycles. The molecule has 5 rings (SSSR count). The van der Waals surface area contributed by atoms with Crippen LogP contribution in [0.4, 0.5) is 4.39 Å². The van der Waals surface area contributed by atoms with Gasteiger partial charge in [-0.2, -0.15) is 0 Å². The first-order chi connectivity index (χ1) is 18.3. The molecule has 2 N–H and O–H groups in total. The van der Waals surface area contributed by atoms with Crippen LogP contribution in [0.5, 0.6) is 0 Å². The maximum absolute atomic E-state index is 17.4. The molecule has 4 aliphatic rings. The van der Waals surface area contributed by atoms with Crippen LogP contribution in [-0.4, -0.2) is 63.8 Å². The zero-order valence-electron chi connectivity index (χ0n) is 22.2. The number of carbonyl (C=O) groups excluding carboxylic acids is 4. The molecule has 0 bridgehead atoms. The molecule has 0 spiro atoms. The van der Waals surface area contributed by atoms with Crippen LogP contribution in [0.15, 0.2) is 54.1 Å². The van der Waals surface area contributed by atoms with E-state index in [0.717, 1.165) is 6.92 Å². The van der Waals surface area contributed by atoms with Crippen LogP contribution in [0.25, 0.3) is 0 Å². The lowest BCUT2D eigenvalue weighted by Gasteiger charge is -2.62. The number of esters is 2. The number of halogens is 1. The Labute approximate surface area is 225 Å². The second kappa shape index (κ2) is 9.20. The molecule has 1 aromatic rings. The predicted octanol–water partition coefficient (Wildman–Crippen LogP) is 3.06. The third kappa shape index (κ3) is 3.69. The largest absolute Gasteiger partial charge is 0.458 e. The van der Waals surface area contributed by atoms with Crippen molar-refractivity contribution in [3.63, 3.8) is 0 Å². The smallest absolute Gasteiger partial charge is 0.339 e. The summed E-state index contributed by atoms with van der Waals surface area (Å²) in [6, 6.07) is 7.96. The number of aliphatic hydroxyl groups is 2. The average Bonchev–Trinajstić information content (AvgIpc) is 3.11. The number of carbonyl (C=O) groups is 4. The fourth-order valence-electron chi connectivity index (χ4n) is 8.01. The molecule has 0 aromatic heterocycles. The quantitative estimate of drug-likeness (QED) is 0.546. The Morgan fingerprint density at radius 1 is 1.08 bits per heavy atom. The van der Waals surface area contributed by atoms with Crippen LogP contribution in [0, 0.1) is 22.7 Å². The van der Waals surface area contributed by atoms with E-state index in [-0.39, 0.29) is 30.6 Å². The van der Waals surface area contributed by atoms with E-state index in [1.165, 1.54) is 30.4 Å². The highest BCUT2D eigenvalue weighted by Crippen LogP contribution is 2.70. The van der Waals surface area contributed by atoms with Crippen LogP contribution >= 0.6 is 0 Å². The molecular weight excluding hydrogens is 507 g/mol. The van der Waals surface area contributed by atoms with Gasteiger partial charge in [0.1, 0.15) is 6.10 Å². The number of ether oxygens (including phenoxy) is 2. The average molecular weight is 541 g/mol.